The third-order valence-electron chi connectivity index (χ3n) is 4.14. The molecule has 1 aliphatic carbocycles. The van der Waals surface area contributed by atoms with Crippen LogP contribution in [0.3, 0.4) is 0 Å². The Morgan fingerprint density at radius 3 is 2.70 bits per heavy atom. The van der Waals surface area contributed by atoms with E-state index < -0.39 is 5.54 Å². The van der Waals surface area contributed by atoms with Crippen LogP contribution in [-0.4, -0.2) is 22.6 Å². The topological polar surface area (TPSA) is 94.0 Å². The summed E-state index contributed by atoms with van der Waals surface area (Å²) in [5.74, 6) is 0.365. The SMILES string of the molecule is NC1(c2noc(CCNC(=O)c3ccc(F)cc3)n2)CCCC1. The van der Waals surface area contributed by atoms with Crippen LogP contribution >= 0.6 is 0 Å². The van der Waals surface area contributed by atoms with Gasteiger partial charge in [-0.05, 0) is 37.1 Å². The number of carbonyl (C=O) groups excluding carboxylic acids is 1. The van der Waals surface area contributed by atoms with Crippen molar-refractivity contribution in [1.29, 1.82) is 0 Å². The zero-order chi connectivity index (χ0) is 16.3. The highest BCUT2D eigenvalue weighted by Crippen LogP contribution is 2.34. The molecule has 0 radical (unpaired) electrons. The molecule has 3 rings (SSSR count). The Kier molecular flexibility index (Phi) is 4.38. The van der Waals surface area contributed by atoms with Gasteiger partial charge in [0.25, 0.3) is 5.91 Å². The van der Waals surface area contributed by atoms with Crippen LogP contribution in [0.2, 0.25) is 0 Å². The largest absolute Gasteiger partial charge is 0.352 e. The van der Waals surface area contributed by atoms with Gasteiger partial charge in [0.1, 0.15) is 5.82 Å². The van der Waals surface area contributed by atoms with Gasteiger partial charge >= 0.3 is 0 Å². The monoisotopic (exact) mass is 318 g/mol. The number of benzene rings is 1. The quantitative estimate of drug-likeness (QED) is 0.878. The number of hydrogen-bond acceptors (Lipinski definition) is 5. The summed E-state index contributed by atoms with van der Waals surface area (Å²) in [6.07, 6.45) is 4.32. The summed E-state index contributed by atoms with van der Waals surface area (Å²) in [6.45, 7) is 0.357. The van der Waals surface area contributed by atoms with Crippen LogP contribution in [0.4, 0.5) is 4.39 Å². The molecular weight excluding hydrogens is 299 g/mol. The molecule has 1 fully saturated rings. The van der Waals surface area contributed by atoms with Crippen LogP contribution in [0.1, 0.15) is 47.8 Å². The Bertz CT molecular complexity index is 678. The Labute approximate surface area is 133 Å². The van der Waals surface area contributed by atoms with Crippen molar-refractivity contribution in [3.8, 4) is 0 Å². The molecule has 0 atom stereocenters. The van der Waals surface area contributed by atoms with E-state index in [0.717, 1.165) is 25.7 Å². The van der Waals surface area contributed by atoms with Gasteiger partial charge in [-0.25, -0.2) is 4.39 Å². The van der Waals surface area contributed by atoms with Crippen LogP contribution in [-0.2, 0) is 12.0 Å². The lowest BCUT2D eigenvalue weighted by Crippen LogP contribution is -2.34. The molecule has 0 bridgehead atoms. The van der Waals surface area contributed by atoms with Gasteiger partial charge in [0, 0.05) is 18.5 Å². The molecule has 122 valence electrons. The van der Waals surface area contributed by atoms with Crippen LogP contribution in [0.25, 0.3) is 0 Å². The lowest BCUT2D eigenvalue weighted by atomic mass is 9.99. The number of halogens is 1. The molecule has 23 heavy (non-hydrogen) atoms. The first-order chi connectivity index (χ1) is 11.1. The van der Waals surface area contributed by atoms with Gasteiger partial charge in [0.15, 0.2) is 5.82 Å². The molecule has 1 saturated carbocycles. The Morgan fingerprint density at radius 1 is 1.30 bits per heavy atom. The van der Waals surface area contributed by atoms with Crippen molar-refractivity contribution >= 4 is 5.91 Å². The number of amides is 1. The van der Waals surface area contributed by atoms with E-state index in [1.807, 2.05) is 0 Å². The number of nitrogens with one attached hydrogen (secondary N) is 1. The minimum absolute atomic E-state index is 0.268. The summed E-state index contributed by atoms with van der Waals surface area (Å²) < 4.78 is 18.0. The van der Waals surface area contributed by atoms with Crippen molar-refractivity contribution in [2.24, 2.45) is 5.73 Å². The highest BCUT2D eigenvalue weighted by atomic mass is 19.1. The second-order valence-electron chi connectivity index (χ2n) is 5.89. The molecule has 1 aliphatic rings. The zero-order valence-electron chi connectivity index (χ0n) is 12.7. The molecular formula is C16H19FN4O2. The molecule has 0 spiro atoms. The predicted molar refractivity (Wildman–Crippen MR) is 81.1 cm³/mol. The Morgan fingerprint density at radius 2 is 2.00 bits per heavy atom. The summed E-state index contributed by atoms with van der Waals surface area (Å²) >= 11 is 0. The fourth-order valence-electron chi connectivity index (χ4n) is 2.77. The number of carbonyl (C=O) groups is 1. The van der Waals surface area contributed by atoms with E-state index in [-0.39, 0.29) is 11.7 Å². The molecule has 1 heterocycles. The van der Waals surface area contributed by atoms with E-state index in [1.54, 1.807) is 0 Å². The highest BCUT2D eigenvalue weighted by molar-refractivity contribution is 5.94. The smallest absolute Gasteiger partial charge is 0.251 e. The normalized spacial score (nSPS) is 16.4. The molecule has 1 aromatic heterocycles. The molecule has 0 saturated heterocycles. The minimum Gasteiger partial charge on any atom is -0.352 e. The van der Waals surface area contributed by atoms with E-state index in [2.05, 4.69) is 15.5 Å². The van der Waals surface area contributed by atoms with Gasteiger partial charge < -0.3 is 15.6 Å². The summed E-state index contributed by atoms with van der Waals surface area (Å²) in [7, 11) is 0. The molecule has 7 heteroatoms. The lowest BCUT2D eigenvalue weighted by Gasteiger charge is -2.17. The van der Waals surface area contributed by atoms with E-state index >= 15 is 0 Å². The van der Waals surface area contributed by atoms with Crippen molar-refractivity contribution in [2.45, 2.75) is 37.6 Å². The second kappa shape index (κ2) is 6.45. The maximum absolute atomic E-state index is 12.8. The molecule has 2 aromatic rings. The number of nitrogens with zero attached hydrogens (tertiary/aromatic N) is 2. The standard InChI is InChI=1S/C16H19FN4O2/c17-12-5-3-11(4-6-12)14(22)19-10-7-13-20-15(21-23-13)16(18)8-1-2-9-16/h3-6H,1-2,7-10,18H2,(H,19,22). The van der Waals surface area contributed by atoms with Crippen LogP contribution in [0.5, 0.6) is 0 Å². The number of aromatic nitrogens is 2. The lowest BCUT2D eigenvalue weighted by molar-refractivity contribution is 0.0953. The van der Waals surface area contributed by atoms with Crippen molar-refractivity contribution in [3.63, 3.8) is 0 Å². The van der Waals surface area contributed by atoms with E-state index in [0.29, 0.717) is 30.2 Å². The average Bonchev–Trinajstić information content (AvgIpc) is 3.18. The van der Waals surface area contributed by atoms with Crippen molar-refractivity contribution < 1.29 is 13.7 Å². The molecule has 6 nitrogen and oxygen atoms in total. The van der Waals surface area contributed by atoms with Crippen LogP contribution < -0.4 is 11.1 Å². The van der Waals surface area contributed by atoms with Crippen LogP contribution in [0.15, 0.2) is 28.8 Å². The van der Waals surface area contributed by atoms with Gasteiger partial charge in [-0.15, -0.1) is 0 Å². The Balaban J connectivity index is 1.52. The number of hydrogen-bond donors (Lipinski definition) is 2. The highest BCUT2D eigenvalue weighted by Gasteiger charge is 2.35. The number of nitrogens with two attached hydrogens (primary N) is 1. The Hall–Kier alpha value is -2.28. The summed E-state index contributed by atoms with van der Waals surface area (Å²) in [4.78, 5) is 16.2. The summed E-state index contributed by atoms with van der Waals surface area (Å²) in [6, 6.07) is 5.38. The van der Waals surface area contributed by atoms with Crippen LogP contribution in [0, 0.1) is 5.82 Å². The van der Waals surface area contributed by atoms with Gasteiger partial charge in [0.2, 0.25) is 5.89 Å². The van der Waals surface area contributed by atoms with Gasteiger partial charge in [-0.1, -0.05) is 18.0 Å². The molecule has 3 N–H and O–H groups in total. The average molecular weight is 318 g/mol. The second-order valence-corrected chi connectivity index (χ2v) is 5.89. The first-order valence-electron chi connectivity index (χ1n) is 7.72. The molecule has 1 amide bonds. The maximum Gasteiger partial charge on any atom is 0.251 e. The summed E-state index contributed by atoms with van der Waals surface area (Å²) in [5, 5.41) is 6.70. The van der Waals surface area contributed by atoms with Gasteiger partial charge in [-0.2, -0.15) is 4.98 Å². The fourth-order valence-corrected chi connectivity index (χ4v) is 2.77. The van der Waals surface area contributed by atoms with E-state index in [4.69, 9.17) is 10.3 Å². The van der Waals surface area contributed by atoms with E-state index in [1.165, 1.54) is 24.3 Å². The molecule has 1 aromatic carbocycles. The first kappa shape index (κ1) is 15.6. The van der Waals surface area contributed by atoms with Gasteiger partial charge in [-0.3, -0.25) is 4.79 Å². The number of rotatable bonds is 5. The summed E-state index contributed by atoms with van der Waals surface area (Å²) in [5.41, 5.74) is 6.21. The molecule has 0 aliphatic heterocycles. The third kappa shape index (κ3) is 3.56. The third-order valence-corrected chi connectivity index (χ3v) is 4.14. The van der Waals surface area contributed by atoms with Crippen molar-refractivity contribution in [3.05, 3.63) is 47.4 Å². The minimum atomic E-state index is -0.473. The van der Waals surface area contributed by atoms with E-state index in [9.17, 15) is 9.18 Å². The fraction of sp³-hybridized carbons (Fsp3) is 0.438. The molecule has 0 unspecified atom stereocenters. The van der Waals surface area contributed by atoms with Crippen molar-refractivity contribution in [1.82, 2.24) is 15.5 Å². The zero-order valence-corrected chi connectivity index (χ0v) is 12.7. The van der Waals surface area contributed by atoms with Gasteiger partial charge in [0.05, 0.1) is 5.54 Å². The maximum atomic E-state index is 12.8. The predicted octanol–water partition coefficient (Wildman–Crippen LogP) is 1.91. The van der Waals surface area contributed by atoms with Crippen molar-refractivity contribution in [2.75, 3.05) is 6.54 Å². The first-order valence-corrected chi connectivity index (χ1v) is 7.72.